The number of esters is 1. The zero-order valence-electron chi connectivity index (χ0n) is 17.3. The molecular formula is C24H24N2O5. The van der Waals surface area contributed by atoms with Crippen molar-refractivity contribution in [2.24, 2.45) is 0 Å². The average molecular weight is 420 g/mol. The van der Waals surface area contributed by atoms with Gasteiger partial charge in [0.15, 0.2) is 0 Å². The van der Waals surface area contributed by atoms with Gasteiger partial charge >= 0.3 is 5.97 Å². The smallest absolute Gasteiger partial charge is 0.354 e. The number of hydrogen-bond donors (Lipinski definition) is 0. The van der Waals surface area contributed by atoms with Crippen LogP contribution in [0.1, 0.15) is 28.8 Å². The molecule has 1 atom stereocenters. The van der Waals surface area contributed by atoms with E-state index < -0.39 is 11.6 Å². The maximum atomic E-state index is 13.4. The first-order valence-electron chi connectivity index (χ1n) is 10.2. The van der Waals surface area contributed by atoms with Crippen molar-refractivity contribution in [1.29, 1.82) is 0 Å². The standard InChI is InChI=1S/C24H24N2O5/c1-30-17-15-25-22(28)19-11-5-6-12-20(19)26-21(27)13-14-24(25,26)23(29)31-16-7-10-18-8-3-2-4-9-18/h2-12H,13-17H2,1H3/b10-7+/t24-/m1/s1. The molecule has 0 unspecified atom stereocenters. The third-order valence-electron chi connectivity index (χ3n) is 5.64. The molecule has 160 valence electrons. The Hall–Kier alpha value is -3.45. The molecule has 31 heavy (non-hydrogen) atoms. The minimum atomic E-state index is -1.50. The molecule has 0 spiro atoms. The lowest BCUT2D eigenvalue weighted by atomic mass is 9.96. The molecule has 2 aromatic rings. The zero-order chi connectivity index (χ0) is 21.8. The third-order valence-corrected chi connectivity index (χ3v) is 5.64. The number of anilines is 1. The van der Waals surface area contributed by atoms with E-state index in [9.17, 15) is 14.4 Å². The van der Waals surface area contributed by atoms with E-state index in [4.69, 9.17) is 9.47 Å². The van der Waals surface area contributed by atoms with Crippen LogP contribution in [0.15, 0.2) is 60.7 Å². The quantitative estimate of drug-likeness (QED) is 0.644. The molecule has 4 rings (SSSR count). The van der Waals surface area contributed by atoms with E-state index >= 15 is 0 Å². The van der Waals surface area contributed by atoms with Crippen LogP contribution in [-0.2, 0) is 19.1 Å². The first-order chi connectivity index (χ1) is 15.1. The number of benzene rings is 2. The van der Waals surface area contributed by atoms with Crippen LogP contribution in [0.3, 0.4) is 0 Å². The van der Waals surface area contributed by atoms with E-state index in [1.807, 2.05) is 36.4 Å². The molecule has 2 aliphatic heterocycles. The molecule has 2 heterocycles. The minimum Gasteiger partial charge on any atom is -0.458 e. The lowest BCUT2D eigenvalue weighted by Gasteiger charge is -2.48. The van der Waals surface area contributed by atoms with Crippen molar-refractivity contribution in [1.82, 2.24) is 4.90 Å². The highest BCUT2D eigenvalue weighted by Gasteiger charge is 2.61. The van der Waals surface area contributed by atoms with Crippen molar-refractivity contribution in [2.45, 2.75) is 18.5 Å². The summed E-state index contributed by atoms with van der Waals surface area (Å²) in [5, 5.41) is 0. The second kappa shape index (κ2) is 8.73. The normalized spacial score (nSPS) is 20.2. The summed E-state index contributed by atoms with van der Waals surface area (Å²) in [4.78, 5) is 42.4. The summed E-state index contributed by atoms with van der Waals surface area (Å²) in [7, 11) is 1.53. The molecule has 1 saturated heterocycles. The van der Waals surface area contributed by atoms with Gasteiger partial charge in [-0.15, -0.1) is 0 Å². The summed E-state index contributed by atoms with van der Waals surface area (Å²) >= 11 is 0. The molecule has 0 saturated carbocycles. The molecule has 0 N–H and O–H groups in total. The van der Waals surface area contributed by atoms with Gasteiger partial charge < -0.3 is 14.4 Å². The third kappa shape index (κ3) is 3.61. The minimum absolute atomic E-state index is 0.0332. The fourth-order valence-electron chi connectivity index (χ4n) is 4.22. The summed E-state index contributed by atoms with van der Waals surface area (Å²) in [6, 6.07) is 16.5. The number of methoxy groups -OCH3 is 1. The van der Waals surface area contributed by atoms with E-state index in [2.05, 4.69) is 0 Å². The van der Waals surface area contributed by atoms with Crippen LogP contribution in [0.2, 0.25) is 0 Å². The van der Waals surface area contributed by atoms with Gasteiger partial charge in [0, 0.05) is 26.5 Å². The lowest BCUT2D eigenvalue weighted by molar-refractivity contribution is -0.156. The number of rotatable bonds is 7. The summed E-state index contributed by atoms with van der Waals surface area (Å²) in [6.07, 6.45) is 3.92. The number of carbonyl (C=O) groups is 3. The molecule has 0 aromatic heterocycles. The topological polar surface area (TPSA) is 76.2 Å². The van der Waals surface area contributed by atoms with E-state index in [-0.39, 0.29) is 44.4 Å². The van der Waals surface area contributed by atoms with Crippen LogP contribution < -0.4 is 4.90 Å². The van der Waals surface area contributed by atoms with Crippen LogP contribution in [-0.4, -0.2) is 55.2 Å². The van der Waals surface area contributed by atoms with Gasteiger partial charge in [-0.2, -0.15) is 0 Å². The molecule has 7 heteroatoms. The van der Waals surface area contributed by atoms with E-state index in [1.54, 1.807) is 30.3 Å². The zero-order valence-corrected chi connectivity index (χ0v) is 17.3. The Morgan fingerprint density at radius 1 is 1.10 bits per heavy atom. The number of fused-ring (bicyclic) bond motifs is 3. The van der Waals surface area contributed by atoms with Crippen LogP contribution in [0.4, 0.5) is 5.69 Å². The second-order valence-electron chi connectivity index (χ2n) is 7.42. The fourth-order valence-corrected chi connectivity index (χ4v) is 4.22. The van der Waals surface area contributed by atoms with Gasteiger partial charge in [0.05, 0.1) is 17.9 Å². The molecule has 1 fully saturated rings. The second-order valence-corrected chi connectivity index (χ2v) is 7.42. The van der Waals surface area contributed by atoms with Crippen molar-refractivity contribution in [3.63, 3.8) is 0 Å². The Morgan fingerprint density at radius 2 is 1.84 bits per heavy atom. The highest BCUT2D eigenvalue weighted by Crippen LogP contribution is 2.44. The van der Waals surface area contributed by atoms with Crippen molar-refractivity contribution >= 4 is 29.5 Å². The molecule has 0 radical (unpaired) electrons. The highest BCUT2D eigenvalue weighted by molar-refractivity contribution is 6.15. The van der Waals surface area contributed by atoms with Crippen LogP contribution in [0.25, 0.3) is 6.08 Å². The number of carbonyl (C=O) groups excluding carboxylic acids is 3. The molecule has 2 aromatic carbocycles. The Kier molecular flexibility index (Phi) is 5.86. The predicted molar refractivity (Wildman–Crippen MR) is 115 cm³/mol. The monoisotopic (exact) mass is 420 g/mol. The largest absolute Gasteiger partial charge is 0.458 e. The van der Waals surface area contributed by atoms with E-state index in [1.165, 1.54) is 16.9 Å². The molecule has 2 amide bonds. The Morgan fingerprint density at radius 3 is 2.61 bits per heavy atom. The van der Waals surface area contributed by atoms with Gasteiger partial charge in [0.25, 0.3) is 5.91 Å². The van der Waals surface area contributed by atoms with Gasteiger partial charge in [-0.25, -0.2) is 4.79 Å². The first kappa shape index (κ1) is 20.8. The summed E-state index contributed by atoms with van der Waals surface area (Å²) in [6.45, 7) is 0.437. The van der Waals surface area contributed by atoms with Gasteiger partial charge in [-0.3, -0.25) is 14.5 Å². The van der Waals surface area contributed by atoms with Crippen molar-refractivity contribution in [2.75, 3.05) is 31.8 Å². The maximum absolute atomic E-state index is 13.4. The van der Waals surface area contributed by atoms with Crippen molar-refractivity contribution in [3.8, 4) is 0 Å². The fraction of sp³-hybridized carbons (Fsp3) is 0.292. The average Bonchev–Trinajstić information content (AvgIpc) is 3.15. The number of para-hydroxylation sites is 1. The Bertz CT molecular complexity index is 1020. The first-order valence-corrected chi connectivity index (χ1v) is 10.2. The van der Waals surface area contributed by atoms with E-state index in [0.29, 0.717) is 11.3 Å². The SMILES string of the molecule is COCCN1C(=O)c2ccccc2N2C(=O)CC[C@@]12C(=O)OC/C=C/c1ccccc1. The summed E-state index contributed by atoms with van der Waals surface area (Å²) in [5.41, 5.74) is 0.321. The number of amides is 2. The number of nitrogens with zero attached hydrogens (tertiary/aromatic N) is 2. The lowest BCUT2D eigenvalue weighted by Crippen LogP contribution is -2.69. The van der Waals surface area contributed by atoms with Crippen molar-refractivity contribution < 1.29 is 23.9 Å². The predicted octanol–water partition coefficient (Wildman–Crippen LogP) is 2.87. The van der Waals surface area contributed by atoms with Gasteiger partial charge in [-0.05, 0) is 23.8 Å². The molecular weight excluding hydrogens is 396 g/mol. The van der Waals surface area contributed by atoms with Crippen LogP contribution in [0, 0.1) is 0 Å². The molecule has 0 bridgehead atoms. The van der Waals surface area contributed by atoms with Gasteiger partial charge in [0.1, 0.15) is 6.61 Å². The number of hydrogen-bond acceptors (Lipinski definition) is 5. The highest BCUT2D eigenvalue weighted by atomic mass is 16.5. The van der Waals surface area contributed by atoms with Gasteiger partial charge in [0.2, 0.25) is 11.6 Å². The summed E-state index contributed by atoms with van der Waals surface area (Å²) in [5.74, 6) is -1.13. The molecule has 7 nitrogen and oxygen atoms in total. The maximum Gasteiger partial charge on any atom is 0.354 e. The van der Waals surface area contributed by atoms with Crippen molar-refractivity contribution in [3.05, 3.63) is 71.8 Å². The molecule has 2 aliphatic rings. The Balaban J connectivity index is 1.64. The van der Waals surface area contributed by atoms with Crippen LogP contribution >= 0.6 is 0 Å². The Labute approximate surface area is 180 Å². The molecule has 0 aliphatic carbocycles. The number of ether oxygens (including phenoxy) is 2. The summed E-state index contributed by atoms with van der Waals surface area (Å²) < 4.78 is 10.7. The van der Waals surface area contributed by atoms with Crippen LogP contribution in [0.5, 0.6) is 0 Å². The van der Waals surface area contributed by atoms with Gasteiger partial charge in [-0.1, -0.05) is 48.5 Å². The van der Waals surface area contributed by atoms with E-state index in [0.717, 1.165) is 5.56 Å².